The van der Waals surface area contributed by atoms with Gasteiger partial charge in [-0.3, -0.25) is 4.68 Å². The van der Waals surface area contributed by atoms with E-state index in [9.17, 15) is 0 Å². The molecule has 1 rings (SSSR count). The van der Waals surface area contributed by atoms with Gasteiger partial charge in [0.05, 0.1) is 5.60 Å². The molecular formula is C15H30N4O. The van der Waals surface area contributed by atoms with Crippen LogP contribution in [0.15, 0.2) is 6.33 Å². The molecule has 1 unspecified atom stereocenters. The Morgan fingerprint density at radius 1 is 1.30 bits per heavy atom. The lowest BCUT2D eigenvalue weighted by Gasteiger charge is -2.39. The van der Waals surface area contributed by atoms with E-state index in [4.69, 9.17) is 4.74 Å². The van der Waals surface area contributed by atoms with Gasteiger partial charge >= 0.3 is 0 Å². The van der Waals surface area contributed by atoms with E-state index in [2.05, 4.69) is 43.1 Å². The van der Waals surface area contributed by atoms with Crippen molar-refractivity contribution in [2.24, 2.45) is 0 Å². The molecule has 1 aromatic rings. The number of aryl methyl sites for hydroxylation is 1. The molecule has 5 heteroatoms. The second-order valence-corrected chi connectivity index (χ2v) is 5.18. The predicted molar refractivity (Wildman–Crippen MR) is 81.8 cm³/mol. The van der Waals surface area contributed by atoms with Crippen molar-refractivity contribution in [2.75, 3.05) is 13.7 Å². The number of nitrogens with one attached hydrogen (secondary N) is 1. The molecule has 0 radical (unpaired) electrons. The monoisotopic (exact) mass is 282 g/mol. The first-order valence-electron chi connectivity index (χ1n) is 7.82. The van der Waals surface area contributed by atoms with Gasteiger partial charge in [-0.15, -0.1) is 0 Å². The van der Waals surface area contributed by atoms with Crippen molar-refractivity contribution in [3.8, 4) is 0 Å². The van der Waals surface area contributed by atoms with Gasteiger partial charge in [0, 0.05) is 26.1 Å². The number of rotatable bonds is 10. The molecule has 0 amide bonds. The summed E-state index contributed by atoms with van der Waals surface area (Å²) in [4.78, 5) is 4.41. The number of aromatic nitrogens is 3. The molecule has 0 aliphatic heterocycles. The minimum Gasteiger partial charge on any atom is -0.377 e. The predicted octanol–water partition coefficient (Wildman–Crippen LogP) is 2.41. The van der Waals surface area contributed by atoms with Gasteiger partial charge in [-0.25, -0.2) is 4.98 Å². The van der Waals surface area contributed by atoms with Crippen LogP contribution in [-0.2, 0) is 17.7 Å². The second kappa shape index (κ2) is 8.37. The van der Waals surface area contributed by atoms with Crippen molar-refractivity contribution in [2.45, 2.75) is 71.6 Å². The van der Waals surface area contributed by atoms with Gasteiger partial charge < -0.3 is 10.1 Å². The zero-order valence-electron chi connectivity index (χ0n) is 13.6. The van der Waals surface area contributed by atoms with Crippen molar-refractivity contribution in [3.63, 3.8) is 0 Å². The average molecular weight is 282 g/mol. The number of nitrogens with zero attached hydrogens (tertiary/aromatic N) is 3. The topological polar surface area (TPSA) is 52.0 Å². The van der Waals surface area contributed by atoms with Gasteiger partial charge in [-0.05, 0) is 32.7 Å². The van der Waals surface area contributed by atoms with Gasteiger partial charge in [0.15, 0.2) is 0 Å². The Bertz CT molecular complexity index is 365. The van der Waals surface area contributed by atoms with Crippen LogP contribution in [0.3, 0.4) is 0 Å². The molecule has 1 heterocycles. The van der Waals surface area contributed by atoms with E-state index in [1.165, 1.54) is 0 Å². The Labute approximate surface area is 123 Å². The maximum atomic E-state index is 5.90. The Hall–Kier alpha value is -0.940. The quantitative estimate of drug-likeness (QED) is 0.716. The van der Waals surface area contributed by atoms with Gasteiger partial charge in [0.1, 0.15) is 12.2 Å². The van der Waals surface area contributed by atoms with Crippen LogP contribution in [0.5, 0.6) is 0 Å². The third-order valence-electron chi connectivity index (χ3n) is 4.26. The van der Waals surface area contributed by atoms with E-state index in [1.807, 2.05) is 11.8 Å². The standard InChI is InChI=1S/C15H30N4O/c1-6-10-16-13(15(7-2,8-3)20-5)11-14-17-12-18-19(14)9-4/h12-13,16H,6-11H2,1-5H3. The van der Waals surface area contributed by atoms with Crippen LogP contribution in [0, 0.1) is 0 Å². The summed E-state index contributed by atoms with van der Waals surface area (Å²) in [7, 11) is 1.82. The van der Waals surface area contributed by atoms with Gasteiger partial charge in [0.25, 0.3) is 0 Å². The second-order valence-electron chi connectivity index (χ2n) is 5.18. The van der Waals surface area contributed by atoms with Crippen LogP contribution in [-0.4, -0.2) is 40.1 Å². The van der Waals surface area contributed by atoms with E-state index in [0.717, 1.165) is 44.6 Å². The van der Waals surface area contributed by atoms with Gasteiger partial charge in [-0.1, -0.05) is 20.8 Å². The third kappa shape index (κ3) is 3.79. The molecule has 1 N–H and O–H groups in total. The molecule has 0 fully saturated rings. The number of hydrogen-bond acceptors (Lipinski definition) is 4. The zero-order chi connectivity index (χ0) is 15.0. The van der Waals surface area contributed by atoms with Crippen molar-refractivity contribution in [3.05, 3.63) is 12.2 Å². The molecule has 0 aliphatic carbocycles. The van der Waals surface area contributed by atoms with E-state index in [-0.39, 0.29) is 11.6 Å². The van der Waals surface area contributed by atoms with E-state index in [1.54, 1.807) is 6.33 Å². The Kier molecular flexibility index (Phi) is 7.16. The van der Waals surface area contributed by atoms with Crippen molar-refractivity contribution in [1.29, 1.82) is 0 Å². The molecule has 20 heavy (non-hydrogen) atoms. The molecular weight excluding hydrogens is 252 g/mol. The van der Waals surface area contributed by atoms with E-state index >= 15 is 0 Å². The Morgan fingerprint density at radius 2 is 2.00 bits per heavy atom. The maximum absolute atomic E-state index is 5.90. The molecule has 0 bridgehead atoms. The van der Waals surface area contributed by atoms with Crippen LogP contribution in [0.2, 0.25) is 0 Å². The Balaban J connectivity index is 2.93. The summed E-state index contributed by atoms with van der Waals surface area (Å²) in [5, 5.41) is 7.91. The van der Waals surface area contributed by atoms with Crippen LogP contribution < -0.4 is 5.32 Å². The highest BCUT2D eigenvalue weighted by Gasteiger charge is 2.36. The first-order valence-corrected chi connectivity index (χ1v) is 7.82. The summed E-state index contributed by atoms with van der Waals surface area (Å²) < 4.78 is 7.86. The number of methoxy groups -OCH3 is 1. The highest BCUT2D eigenvalue weighted by Crippen LogP contribution is 2.26. The largest absolute Gasteiger partial charge is 0.377 e. The smallest absolute Gasteiger partial charge is 0.138 e. The third-order valence-corrected chi connectivity index (χ3v) is 4.26. The summed E-state index contributed by atoms with van der Waals surface area (Å²) >= 11 is 0. The highest BCUT2D eigenvalue weighted by atomic mass is 16.5. The SMILES string of the molecule is CCCNC(Cc1ncnn1CC)C(CC)(CC)OC. The molecule has 0 saturated heterocycles. The summed E-state index contributed by atoms with van der Waals surface area (Å²) in [5.74, 6) is 1.03. The number of hydrogen-bond donors (Lipinski definition) is 1. The molecule has 0 aliphatic rings. The fourth-order valence-electron chi connectivity index (χ4n) is 2.83. The normalized spacial score (nSPS) is 13.7. The number of ether oxygens (including phenoxy) is 1. The van der Waals surface area contributed by atoms with Crippen LogP contribution in [0.4, 0.5) is 0 Å². The lowest BCUT2D eigenvalue weighted by Crippen LogP contribution is -2.53. The molecule has 116 valence electrons. The van der Waals surface area contributed by atoms with Crippen molar-refractivity contribution in [1.82, 2.24) is 20.1 Å². The van der Waals surface area contributed by atoms with Gasteiger partial charge in [0.2, 0.25) is 0 Å². The van der Waals surface area contributed by atoms with Crippen LogP contribution in [0.25, 0.3) is 0 Å². The summed E-state index contributed by atoms with van der Waals surface area (Å²) in [6.45, 7) is 10.5. The molecule has 0 saturated carbocycles. The maximum Gasteiger partial charge on any atom is 0.138 e. The van der Waals surface area contributed by atoms with Crippen LogP contribution >= 0.6 is 0 Å². The Morgan fingerprint density at radius 3 is 2.50 bits per heavy atom. The molecule has 1 aromatic heterocycles. The fourth-order valence-corrected chi connectivity index (χ4v) is 2.83. The highest BCUT2D eigenvalue weighted by molar-refractivity contribution is 4.99. The lowest BCUT2D eigenvalue weighted by molar-refractivity contribution is -0.0478. The van der Waals surface area contributed by atoms with Crippen molar-refractivity contribution < 1.29 is 4.74 Å². The average Bonchev–Trinajstić information content (AvgIpc) is 2.94. The first kappa shape index (κ1) is 17.1. The van der Waals surface area contributed by atoms with Crippen molar-refractivity contribution >= 4 is 0 Å². The van der Waals surface area contributed by atoms with Gasteiger partial charge in [-0.2, -0.15) is 5.10 Å². The lowest BCUT2D eigenvalue weighted by atomic mass is 9.85. The molecule has 5 nitrogen and oxygen atoms in total. The van der Waals surface area contributed by atoms with E-state index in [0.29, 0.717) is 0 Å². The minimum absolute atomic E-state index is 0.139. The van der Waals surface area contributed by atoms with Crippen LogP contribution in [0.1, 0.15) is 52.8 Å². The zero-order valence-corrected chi connectivity index (χ0v) is 13.6. The molecule has 0 aromatic carbocycles. The first-order chi connectivity index (χ1) is 9.67. The van der Waals surface area contributed by atoms with E-state index < -0.39 is 0 Å². The molecule has 1 atom stereocenters. The molecule has 0 spiro atoms. The summed E-state index contributed by atoms with van der Waals surface area (Å²) in [6, 6.07) is 0.261. The summed E-state index contributed by atoms with van der Waals surface area (Å²) in [5.41, 5.74) is -0.139. The minimum atomic E-state index is -0.139. The fraction of sp³-hybridized carbons (Fsp3) is 0.867. The summed E-state index contributed by atoms with van der Waals surface area (Å²) in [6.07, 6.45) is 5.58.